The van der Waals surface area contributed by atoms with Gasteiger partial charge in [0.1, 0.15) is 0 Å². The molecular weight excluding hydrogens is 284 g/mol. The fourth-order valence-corrected chi connectivity index (χ4v) is 3.28. The largest absolute Gasteiger partial charge is 0.399 e. The summed E-state index contributed by atoms with van der Waals surface area (Å²) in [6.07, 6.45) is 0. The summed E-state index contributed by atoms with van der Waals surface area (Å²) in [6, 6.07) is 12.1. The molecule has 0 heterocycles. The Morgan fingerprint density at radius 1 is 1.10 bits per heavy atom. The van der Waals surface area contributed by atoms with E-state index in [0.717, 1.165) is 11.1 Å². The van der Waals surface area contributed by atoms with Crippen molar-refractivity contribution in [3.8, 4) is 0 Å². The maximum atomic E-state index is 12.5. The van der Waals surface area contributed by atoms with Crippen molar-refractivity contribution in [3.63, 3.8) is 0 Å². The van der Waals surface area contributed by atoms with Gasteiger partial charge in [-0.05, 0) is 48.2 Å². The van der Waals surface area contributed by atoms with Crippen molar-refractivity contribution < 1.29 is 8.42 Å². The Bertz CT molecular complexity index is 753. The summed E-state index contributed by atoms with van der Waals surface area (Å²) in [7, 11) is -3.61. The zero-order valence-corrected chi connectivity index (χ0v) is 13.2. The van der Waals surface area contributed by atoms with E-state index in [-0.39, 0.29) is 10.8 Å². The third-order valence-electron chi connectivity index (χ3n) is 3.38. The van der Waals surface area contributed by atoms with Crippen LogP contribution in [0.5, 0.6) is 0 Å². The van der Waals surface area contributed by atoms with E-state index < -0.39 is 10.0 Å². The van der Waals surface area contributed by atoms with Gasteiger partial charge in [-0.1, -0.05) is 32.0 Å². The molecule has 112 valence electrons. The second kappa shape index (κ2) is 5.77. The van der Waals surface area contributed by atoms with Gasteiger partial charge in [-0.2, -0.15) is 0 Å². The van der Waals surface area contributed by atoms with E-state index in [1.165, 1.54) is 6.07 Å². The Morgan fingerprint density at radius 2 is 1.76 bits per heavy atom. The van der Waals surface area contributed by atoms with Crippen LogP contribution >= 0.6 is 0 Å². The first-order valence-electron chi connectivity index (χ1n) is 6.79. The normalized spacial score (nSPS) is 11.6. The average Bonchev–Trinajstić information content (AvgIpc) is 2.41. The molecule has 0 radical (unpaired) electrons. The van der Waals surface area contributed by atoms with Gasteiger partial charge < -0.3 is 5.73 Å². The van der Waals surface area contributed by atoms with Crippen LogP contribution in [-0.4, -0.2) is 8.42 Å². The van der Waals surface area contributed by atoms with Crippen LogP contribution in [-0.2, 0) is 10.0 Å². The molecule has 2 rings (SSSR count). The number of rotatable bonds is 4. The van der Waals surface area contributed by atoms with Crippen molar-refractivity contribution in [1.82, 2.24) is 0 Å². The van der Waals surface area contributed by atoms with Gasteiger partial charge in [-0.25, -0.2) is 8.42 Å². The highest BCUT2D eigenvalue weighted by molar-refractivity contribution is 7.92. The van der Waals surface area contributed by atoms with Crippen LogP contribution in [0, 0.1) is 6.92 Å². The van der Waals surface area contributed by atoms with Gasteiger partial charge >= 0.3 is 0 Å². The standard InChI is InChI=1S/C16H20N2O2S/c1-11(2)14-6-4-5-7-16(14)18-21(19,20)13-8-9-15(17)12(3)10-13/h4-11,18H,17H2,1-3H3. The molecule has 0 bridgehead atoms. The minimum absolute atomic E-state index is 0.216. The molecule has 0 aromatic heterocycles. The molecule has 0 aliphatic rings. The molecule has 0 atom stereocenters. The molecule has 2 aromatic rings. The Labute approximate surface area is 126 Å². The maximum Gasteiger partial charge on any atom is 0.261 e. The first-order valence-corrected chi connectivity index (χ1v) is 8.27. The molecule has 5 heteroatoms. The molecule has 21 heavy (non-hydrogen) atoms. The number of hydrogen-bond donors (Lipinski definition) is 2. The van der Waals surface area contributed by atoms with Gasteiger partial charge in [-0.3, -0.25) is 4.72 Å². The summed E-state index contributed by atoms with van der Waals surface area (Å²) < 4.78 is 27.6. The molecule has 0 aliphatic heterocycles. The van der Waals surface area contributed by atoms with Crippen molar-refractivity contribution in [2.75, 3.05) is 10.5 Å². The van der Waals surface area contributed by atoms with Crippen molar-refractivity contribution in [3.05, 3.63) is 53.6 Å². The summed E-state index contributed by atoms with van der Waals surface area (Å²) in [5, 5.41) is 0. The fourth-order valence-electron chi connectivity index (χ4n) is 2.11. The lowest BCUT2D eigenvalue weighted by Crippen LogP contribution is -2.15. The Hall–Kier alpha value is -2.01. The quantitative estimate of drug-likeness (QED) is 0.849. The summed E-state index contributed by atoms with van der Waals surface area (Å²) in [5.74, 6) is 0.233. The van der Waals surface area contributed by atoms with Crippen molar-refractivity contribution >= 4 is 21.4 Å². The number of aryl methyl sites for hydroxylation is 1. The van der Waals surface area contributed by atoms with E-state index in [0.29, 0.717) is 11.4 Å². The fraction of sp³-hybridized carbons (Fsp3) is 0.250. The highest BCUT2D eigenvalue weighted by Gasteiger charge is 2.17. The van der Waals surface area contributed by atoms with E-state index in [9.17, 15) is 8.42 Å². The molecule has 0 amide bonds. The van der Waals surface area contributed by atoms with Crippen LogP contribution in [0.1, 0.15) is 30.9 Å². The third-order valence-corrected chi connectivity index (χ3v) is 4.74. The number of sulfonamides is 1. The Morgan fingerprint density at radius 3 is 2.38 bits per heavy atom. The molecule has 0 fully saturated rings. The van der Waals surface area contributed by atoms with Crippen LogP contribution in [0.25, 0.3) is 0 Å². The summed E-state index contributed by atoms with van der Waals surface area (Å²) in [5.41, 5.74) is 8.64. The van der Waals surface area contributed by atoms with Gasteiger partial charge in [0.05, 0.1) is 10.6 Å². The Balaban J connectivity index is 2.40. The predicted molar refractivity (Wildman–Crippen MR) is 86.9 cm³/mol. The van der Waals surface area contributed by atoms with Crippen LogP contribution < -0.4 is 10.5 Å². The van der Waals surface area contributed by atoms with E-state index in [1.807, 2.05) is 32.0 Å². The monoisotopic (exact) mass is 304 g/mol. The molecule has 4 nitrogen and oxygen atoms in total. The van der Waals surface area contributed by atoms with Gasteiger partial charge in [-0.15, -0.1) is 0 Å². The maximum absolute atomic E-state index is 12.5. The molecule has 0 saturated heterocycles. The summed E-state index contributed by atoms with van der Waals surface area (Å²) in [6.45, 7) is 5.84. The highest BCUT2D eigenvalue weighted by atomic mass is 32.2. The van der Waals surface area contributed by atoms with Crippen molar-refractivity contribution in [2.24, 2.45) is 0 Å². The topological polar surface area (TPSA) is 72.2 Å². The van der Waals surface area contributed by atoms with Crippen LogP contribution in [0.3, 0.4) is 0 Å². The molecule has 2 aromatic carbocycles. The van der Waals surface area contributed by atoms with Gasteiger partial charge in [0.2, 0.25) is 0 Å². The van der Waals surface area contributed by atoms with Gasteiger partial charge in [0.25, 0.3) is 10.0 Å². The SMILES string of the molecule is Cc1cc(S(=O)(=O)Nc2ccccc2C(C)C)ccc1N. The predicted octanol–water partition coefficient (Wildman–Crippen LogP) is 3.50. The summed E-state index contributed by atoms with van der Waals surface area (Å²) >= 11 is 0. The van der Waals surface area contributed by atoms with E-state index >= 15 is 0 Å². The first kappa shape index (κ1) is 15.4. The first-order chi connectivity index (χ1) is 9.81. The summed E-state index contributed by atoms with van der Waals surface area (Å²) in [4.78, 5) is 0.216. The lowest BCUT2D eigenvalue weighted by molar-refractivity contribution is 0.601. The Kier molecular flexibility index (Phi) is 4.23. The number of benzene rings is 2. The smallest absolute Gasteiger partial charge is 0.261 e. The van der Waals surface area contributed by atoms with Crippen LogP contribution in [0.15, 0.2) is 47.4 Å². The molecule has 0 saturated carbocycles. The molecule has 0 aliphatic carbocycles. The second-order valence-electron chi connectivity index (χ2n) is 5.37. The molecule has 3 N–H and O–H groups in total. The van der Waals surface area contributed by atoms with Crippen molar-refractivity contribution in [2.45, 2.75) is 31.6 Å². The number of nitrogens with one attached hydrogen (secondary N) is 1. The van der Waals surface area contributed by atoms with Gasteiger partial charge in [0.15, 0.2) is 0 Å². The second-order valence-corrected chi connectivity index (χ2v) is 7.05. The number of nitrogens with two attached hydrogens (primary N) is 1. The van der Waals surface area contributed by atoms with E-state index in [2.05, 4.69) is 4.72 Å². The molecular formula is C16H20N2O2S. The lowest BCUT2D eigenvalue weighted by atomic mass is 10.0. The number of hydrogen-bond acceptors (Lipinski definition) is 3. The number of anilines is 2. The molecule has 0 unspecified atom stereocenters. The van der Waals surface area contributed by atoms with Gasteiger partial charge in [0, 0.05) is 5.69 Å². The van der Waals surface area contributed by atoms with Crippen molar-refractivity contribution in [1.29, 1.82) is 0 Å². The van der Waals surface area contributed by atoms with Crippen LogP contribution in [0.4, 0.5) is 11.4 Å². The van der Waals surface area contributed by atoms with E-state index in [1.54, 1.807) is 25.1 Å². The van der Waals surface area contributed by atoms with E-state index in [4.69, 9.17) is 5.73 Å². The van der Waals surface area contributed by atoms with Crippen LogP contribution in [0.2, 0.25) is 0 Å². The highest BCUT2D eigenvalue weighted by Crippen LogP contribution is 2.26. The lowest BCUT2D eigenvalue weighted by Gasteiger charge is -2.15. The minimum Gasteiger partial charge on any atom is -0.399 e. The third kappa shape index (κ3) is 3.36. The minimum atomic E-state index is -3.61. The zero-order valence-electron chi connectivity index (χ0n) is 12.4. The zero-order chi connectivity index (χ0) is 15.6. The average molecular weight is 304 g/mol. The number of nitrogen functional groups attached to an aromatic ring is 1. The molecule has 0 spiro atoms. The number of para-hydroxylation sites is 1.